The first-order chi connectivity index (χ1) is 12.8. The number of benzene rings is 2. The molecule has 0 radical (unpaired) electrons. The normalized spacial score (nSPS) is 11.4. The molecule has 1 heterocycles. The number of ether oxygens (including phenoxy) is 1. The average molecular weight is 471 g/mol. The quantitative estimate of drug-likeness (QED) is 0.478. The zero-order valence-corrected chi connectivity index (χ0v) is 17.4. The molecule has 3 aromatic rings. The van der Waals surface area contributed by atoms with Gasteiger partial charge in [0, 0.05) is 21.9 Å². The fraction of sp³-hybridized carbons (Fsp3) is 0.167. The predicted molar refractivity (Wildman–Crippen MR) is 109 cm³/mol. The molecule has 0 saturated heterocycles. The van der Waals surface area contributed by atoms with Crippen molar-refractivity contribution in [1.82, 2.24) is 4.57 Å². The number of fused-ring (bicyclic) bond motifs is 1. The Balaban J connectivity index is 1.81. The van der Waals surface area contributed by atoms with Gasteiger partial charge in [-0.25, -0.2) is 0 Å². The molecule has 0 saturated carbocycles. The molecule has 0 unspecified atom stereocenters. The second-order valence-electron chi connectivity index (χ2n) is 5.81. The van der Waals surface area contributed by atoms with Gasteiger partial charge >= 0.3 is 5.91 Å². The summed E-state index contributed by atoms with van der Waals surface area (Å²) in [7, 11) is 1.71. The van der Waals surface area contributed by atoms with E-state index < -0.39 is 5.91 Å². The number of rotatable bonds is 4. The van der Waals surface area contributed by atoms with Crippen LogP contribution < -0.4 is 4.74 Å². The van der Waals surface area contributed by atoms with E-state index >= 15 is 0 Å². The smallest absolute Gasteiger partial charge is 0.302 e. The second kappa shape index (κ2) is 7.88. The zero-order chi connectivity index (χ0) is 19.7. The molecular weight excluding hydrogens is 457 g/mol. The highest BCUT2D eigenvalue weighted by Crippen LogP contribution is 2.40. The summed E-state index contributed by atoms with van der Waals surface area (Å²) in [5.74, 6) is -0.384. The van der Waals surface area contributed by atoms with Crippen molar-refractivity contribution in [2.75, 3.05) is 6.61 Å². The van der Waals surface area contributed by atoms with Crippen molar-refractivity contribution in [2.45, 2.75) is 6.92 Å². The second-order valence-corrected chi connectivity index (χ2v) is 7.57. The number of hydrogen-bond acceptors (Lipinski definition) is 4. The topological polar surface area (TPSA) is 76.2 Å². The van der Waals surface area contributed by atoms with Crippen LogP contribution in [0, 0.1) is 6.92 Å². The Bertz CT molecular complexity index is 1080. The molecule has 2 aromatic carbocycles. The van der Waals surface area contributed by atoms with Gasteiger partial charge in [-0.05, 0) is 42.8 Å². The van der Waals surface area contributed by atoms with Crippen LogP contribution in [0.15, 0.2) is 45.0 Å². The van der Waals surface area contributed by atoms with Gasteiger partial charge in [0.05, 0.1) is 10.5 Å². The molecule has 9 heteroatoms. The minimum absolute atomic E-state index is 0.0792. The molecule has 0 aliphatic carbocycles. The third-order valence-corrected chi connectivity index (χ3v) is 4.88. The molecule has 0 aliphatic heterocycles. The zero-order valence-electron chi connectivity index (χ0n) is 14.3. The van der Waals surface area contributed by atoms with Crippen molar-refractivity contribution < 1.29 is 14.6 Å². The summed E-state index contributed by atoms with van der Waals surface area (Å²) in [6, 6.07) is 8.41. The number of carbonyl (C=O) groups excluding carboxylic acids is 1. The van der Waals surface area contributed by atoms with Gasteiger partial charge in [-0.1, -0.05) is 39.1 Å². The number of halogens is 3. The molecule has 6 nitrogen and oxygen atoms in total. The molecule has 0 fully saturated rings. The molecule has 1 N–H and O–H groups in total. The molecule has 0 spiro atoms. The van der Waals surface area contributed by atoms with E-state index in [0.29, 0.717) is 21.2 Å². The van der Waals surface area contributed by atoms with Gasteiger partial charge < -0.3 is 14.4 Å². The van der Waals surface area contributed by atoms with Gasteiger partial charge in [-0.2, -0.15) is 0 Å². The van der Waals surface area contributed by atoms with E-state index in [1.807, 2.05) is 19.1 Å². The highest BCUT2D eigenvalue weighted by atomic mass is 79.9. The van der Waals surface area contributed by atoms with Gasteiger partial charge in [0.25, 0.3) is 0 Å². The number of hydrogen-bond donors (Lipinski definition) is 1. The van der Waals surface area contributed by atoms with E-state index in [1.54, 1.807) is 23.7 Å². The summed E-state index contributed by atoms with van der Waals surface area (Å²) >= 11 is 15.2. The van der Waals surface area contributed by atoms with E-state index in [1.165, 1.54) is 6.07 Å². The third kappa shape index (κ3) is 4.10. The lowest BCUT2D eigenvalue weighted by Crippen LogP contribution is -2.08. The van der Waals surface area contributed by atoms with E-state index in [0.717, 1.165) is 15.6 Å². The van der Waals surface area contributed by atoms with Crippen molar-refractivity contribution in [1.29, 1.82) is 0 Å². The molecular formula is C18H14BrCl2N3O3. The Morgan fingerprint density at radius 1 is 1.30 bits per heavy atom. The number of aromatic hydroxyl groups is 1. The SMILES string of the molecule is Cc1cc(Br)cc2c(N=NC(=O)COc3ccc(Cl)cc3Cl)c(O)n(C)c12. The maximum atomic E-state index is 12.0. The first-order valence-electron chi connectivity index (χ1n) is 7.78. The Morgan fingerprint density at radius 3 is 2.74 bits per heavy atom. The van der Waals surface area contributed by atoms with E-state index in [2.05, 4.69) is 26.2 Å². The van der Waals surface area contributed by atoms with Crippen LogP contribution in [0.5, 0.6) is 11.6 Å². The van der Waals surface area contributed by atoms with Crippen molar-refractivity contribution in [3.05, 3.63) is 50.4 Å². The molecule has 27 heavy (non-hydrogen) atoms. The summed E-state index contributed by atoms with van der Waals surface area (Å²) in [5.41, 5.74) is 1.97. The summed E-state index contributed by atoms with van der Waals surface area (Å²) in [5, 5.41) is 19.4. The molecule has 1 amide bonds. The van der Waals surface area contributed by atoms with Crippen LogP contribution >= 0.6 is 39.1 Å². The maximum absolute atomic E-state index is 12.0. The number of aryl methyl sites for hydroxylation is 2. The summed E-state index contributed by atoms with van der Waals surface area (Å²) in [6.45, 7) is 1.57. The summed E-state index contributed by atoms with van der Waals surface area (Å²) in [4.78, 5) is 12.0. The Labute approximate surface area is 173 Å². The van der Waals surface area contributed by atoms with Crippen LogP contribution in [0.4, 0.5) is 5.69 Å². The largest absolute Gasteiger partial charge is 0.493 e. The van der Waals surface area contributed by atoms with Crippen LogP contribution in [-0.2, 0) is 11.8 Å². The van der Waals surface area contributed by atoms with Gasteiger partial charge in [0.15, 0.2) is 12.3 Å². The standard InChI is InChI=1S/C18H14BrCl2N3O3/c1-9-5-10(19)6-12-16(18(26)24(2)17(9)12)23-22-15(25)8-27-14-4-3-11(20)7-13(14)21/h3-7,26H,8H2,1-2H3. The number of amides is 1. The number of azo groups is 1. The van der Waals surface area contributed by atoms with Crippen LogP contribution in [0.3, 0.4) is 0 Å². The number of aromatic nitrogens is 1. The van der Waals surface area contributed by atoms with Gasteiger partial charge in [-0.15, -0.1) is 10.2 Å². The predicted octanol–water partition coefficient (Wildman–Crippen LogP) is 5.95. The maximum Gasteiger partial charge on any atom is 0.302 e. The highest BCUT2D eigenvalue weighted by molar-refractivity contribution is 9.10. The number of nitrogens with zero attached hydrogens (tertiary/aromatic N) is 3. The molecule has 0 bridgehead atoms. The van der Waals surface area contributed by atoms with Gasteiger partial charge in [-0.3, -0.25) is 4.79 Å². The first kappa shape index (κ1) is 19.7. The van der Waals surface area contributed by atoms with E-state index in [4.69, 9.17) is 27.9 Å². The molecule has 3 rings (SSSR count). The minimum atomic E-state index is -0.621. The lowest BCUT2D eigenvalue weighted by atomic mass is 10.1. The average Bonchev–Trinajstić information content (AvgIpc) is 2.83. The molecule has 0 atom stereocenters. The Kier molecular flexibility index (Phi) is 5.74. The van der Waals surface area contributed by atoms with Crippen molar-refractivity contribution in [3.8, 4) is 11.6 Å². The lowest BCUT2D eigenvalue weighted by molar-refractivity contribution is -0.120. The molecule has 1 aromatic heterocycles. The Morgan fingerprint density at radius 2 is 2.04 bits per heavy atom. The van der Waals surface area contributed by atoms with Crippen LogP contribution in [-0.4, -0.2) is 22.2 Å². The van der Waals surface area contributed by atoms with Crippen LogP contribution in [0.2, 0.25) is 10.0 Å². The molecule has 140 valence electrons. The highest BCUT2D eigenvalue weighted by Gasteiger charge is 2.17. The van der Waals surface area contributed by atoms with Crippen molar-refractivity contribution in [2.24, 2.45) is 17.3 Å². The minimum Gasteiger partial charge on any atom is -0.493 e. The van der Waals surface area contributed by atoms with E-state index in [-0.39, 0.29) is 18.2 Å². The lowest BCUT2D eigenvalue weighted by Gasteiger charge is -2.05. The Hall–Kier alpha value is -2.09. The van der Waals surface area contributed by atoms with Crippen molar-refractivity contribution in [3.63, 3.8) is 0 Å². The summed E-state index contributed by atoms with van der Waals surface area (Å²) in [6.07, 6.45) is 0. The fourth-order valence-corrected chi connectivity index (χ4v) is 3.75. The number of carbonyl (C=O) groups is 1. The van der Waals surface area contributed by atoms with Crippen LogP contribution in [0.25, 0.3) is 10.9 Å². The first-order valence-corrected chi connectivity index (χ1v) is 9.32. The monoisotopic (exact) mass is 469 g/mol. The molecule has 0 aliphatic rings. The van der Waals surface area contributed by atoms with Gasteiger partial charge in [0.2, 0.25) is 5.88 Å². The van der Waals surface area contributed by atoms with Crippen LogP contribution in [0.1, 0.15) is 5.56 Å². The fourth-order valence-electron chi connectivity index (χ4n) is 2.71. The van der Waals surface area contributed by atoms with Gasteiger partial charge in [0.1, 0.15) is 5.75 Å². The van der Waals surface area contributed by atoms with Crippen molar-refractivity contribution >= 4 is 61.6 Å². The summed E-state index contributed by atoms with van der Waals surface area (Å²) < 4.78 is 7.77. The van der Waals surface area contributed by atoms with E-state index in [9.17, 15) is 9.90 Å². The third-order valence-electron chi connectivity index (χ3n) is 3.89.